The number of rotatable bonds is 1. The Hall–Kier alpha value is -0.860. The molecular weight excluding hydrogens is 222 g/mol. The molecule has 18 heavy (non-hydrogen) atoms. The molecule has 1 aliphatic carbocycles. The van der Waals surface area contributed by atoms with Crippen molar-refractivity contribution in [2.24, 2.45) is 0 Å². The molecule has 0 radical (unpaired) electrons. The topological polar surface area (TPSA) is 21.3 Å². The van der Waals surface area contributed by atoms with E-state index in [0.717, 1.165) is 31.8 Å². The standard InChI is InChI=1S/C16H23NO/c1-13-9-12-18-16(17-13)10-7-15(8-11-16)14-5-3-2-4-6-14/h2-6,13,15,17H,7-12H2,1H3. The van der Waals surface area contributed by atoms with Crippen molar-refractivity contribution in [2.45, 2.75) is 56.7 Å². The minimum atomic E-state index is -0.0110. The van der Waals surface area contributed by atoms with Crippen LogP contribution in [0.4, 0.5) is 0 Å². The number of benzene rings is 1. The molecule has 1 aliphatic heterocycles. The summed E-state index contributed by atoms with van der Waals surface area (Å²) in [4.78, 5) is 0. The molecular formula is C16H23NO. The van der Waals surface area contributed by atoms with E-state index in [-0.39, 0.29) is 5.72 Å². The van der Waals surface area contributed by atoms with Crippen LogP contribution < -0.4 is 5.32 Å². The molecule has 2 heteroatoms. The molecule has 0 amide bonds. The summed E-state index contributed by atoms with van der Waals surface area (Å²) in [5, 5.41) is 3.68. The molecule has 1 spiro atoms. The van der Waals surface area contributed by atoms with Crippen LogP contribution >= 0.6 is 0 Å². The van der Waals surface area contributed by atoms with Gasteiger partial charge in [-0.3, -0.25) is 5.32 Å². The van der Waals surface area contributed by atoms with Crippen molar-refractivity contribution < 1.29 is 4.74 Å². The highest BCUT2D eigenvalue weighted by Gasteiger charge is 2.39. The minimum absolute atomic E-state index is 0.0110. The third kappa shape index (κ3) is 2.45. The molecule has 1 atom stereocenters. The Morgan fingerprint density at radius 2 is 1.83 bits per heavy atom. The predicted molar refractivity (Wildman–Crippen MR) is 73.5 cm³/mol. The average molecular weight is 245 g/mol. The van der Waals surface area contributed by atoms with Gasteiger partial charge in [-0.25, -0.2) is 0 Å². The third-order valence-electron chi connectivity index (χ3n) is 4.50. The lowest BCUT2D eigenvalue weighted by Gasteiger charge is -2.45. The zero-order chi connectivity index (χ0) is 12.4. The Bertz CT molecular complexity index is 381. The second kappa shape index (κ2) is 5.02. The van der Waals surface area contributed by atoms with E-state index in [1.165, 1.54) is 18.4 Å². The van der Waals surface area contributed by atoms with Gasteiger partial charge in [0, 0.05) is 6.04 Å². The molecule has 1 heterocycles. The maximum absolute atomic E-state index is 6.05. The molecule has 0 aromatic heterocycles. The summed E-state index contributed by atoms with van der Waals surface area (Å²) in [6, 6.07) is 11.5. The van der Waals surface area contributed by atoms with Gasteiger partial charge in [-0.15, -0.1) is 0 Å². The summed E-state index contributed by atoms with van der Waals surface area (Å²) in [5.41, 5.74) is 1.49. The normalized spacial score (nSPS) is 36.7. The summed E-state index contributed by atoms with van der Waals surface area (Å²) >= 11 is 0. The molecule has 98 valence electrons. The largest absolute Gasteiger partial charge is 0.361 e. The van der Waals surface area contributed by atoms with E-state index in [2.05, 4.69) is 42.6 Å². The maximum Gasteiger partial charge on any atom is 0.119 e. The van der Waals surface area contributed by atoms with Gasteiger partial charge in [0.15, 0.2) is 0 Å². The first-order valence-corrected chi connectivity index (χ1v) is 7.24. The second-order valence-electron chi connectivity index (χ2n) is 5.86. The number of nitrogens with one attached hydrogen (secondary N) is 1. The molecule has 3 rings (SSSR count). The molecule has 2 aliphatic rings. The van der Waals surface area contributed by atoms with Crippen LogP contribution in [0, 0.1) is 0 Å². The molecule has 1 saturated carbocycles. The fourth-order valence-corrected chi connectivity index (χ4v) is 3.43. The average Bonchev–Trinajstić information content (AvgIpc) is 2.40. The third-order valence-corrected chi connectivity index (χ3v) is 4.50. The first-order valence-electron chi connectivity index (χ1n) is 7.24. The zero-order valence-corrected chi connectivity index (χ0v) is 11.2. The fourth-order valence-electron chi connectivity index (χ4n) is 3.43. The van der Waals surface area contributed by atoms with Crippen molar-refractivity contribution in [1.29, 1.82) is 0 Å². The van der Waals surface area contributed by atoms with Crippen molar-refractivity contribution in [1.82, 2.24) is 5.32 Å². The summed E-state index contributed by atoms with van der Waals surface area (Å²) in [7, 11) is 0. The zero-order valence-electron chi connectivity index (χ0n) is 11.2. The van der Waals surface area contributed by atoms with Crippen LogP contribution in [0.1, 0.15) is 50.5 Å². The quantitative estimate of drug-likeness (QED) is 0.818. The number of hydrogen-bond donors (Lipinski definition) is 1. The van der Waals surface area contributed by atoms with E-state index < -0.39 is 0 Å². The Kier molecular flexibility index (Phi) is 3.40. The van der Waals surface area contributed by atoms with E-state index in [4.69, 9.17) is 4.74 Å². The summed E-state index contributed by atoms with van der Waals surface area (Å²) < 4.78 is 6.05. The van der Waals surface area contributed by atoms with Gasteiger partial charge < -0.3 is 4.74 Å². The highest BCUT2D eigenvalue weighted by molar-refractivity contribution is 5.20. The van der Waals surface area contributed by atoms with Crippen LogP contribution in [0.3, 0.4) is 0 Å². The van der Waals surface area contributed by atoms with Crippen molar-refractivity contribution in [3.8, 4) is 0 Å². The minimum Gasteiger partial charge on any atom is -0.361 e. The van der Waals surface area contributed by atoms with E-state index in [1.54, 1.807) is 0 Å². The Morgan fingerprint density at radius 1 is 1.11 bits per heavy atom. The molecule has 1 N–H and O–H groups in total. The van der Waals surface area contributed by atoms with E-state index in [0.29, 0.717) is 6.04 Å². The van der Waals surface area contributed by atoms with Gasteiger partial charge in [0.05, 0.1) is 6.61 Å². The molecule has 1 unspecified atom stereocenters. The fraction of sp³-hybridized carbons (Fsp3) is 0.625. The first-order chi connectivity index (χ1) is 8.77. The second-order valence-corrected chi connectivity index (χ2v) is 5.86. The van der Waals surface area contributed by atoms with Crippen molar-refractivity contribution in [2.75, 3.05) is 6.61 Å². The Labute approximate surface area is 110 Å². The smallest absolute Gasteiger partial charge is 0.119 e. The molecule has 1 aromatic carbocycles. The van der Waals surface area contributed by atoms with Crippen molar-refractivity contribution in [3.63, 3.8) is 0 Å². The Balaban J connectivity index is 1.64. The molecule has 2 fully saturated rings. The van der Waals surface area contributed by atoms with Gasteiger partial charge in [0.25, 0.3) is 0 Å². The van der Waals surface area contributed by atoms with E-state index in [9.17, 15) is 0 Å². The van der Waals surface area contributed by atoms with E-state index >= 15 is 0 Å². The lowest BCUT2D eigenvalue weighted by molar-refractivity contribution is -0.130. The first kappa shape index (κ1) is 12.2. The monoisotopic (exact) mass is 245 g/mol. The lowest BCUT2D eigenvalue weighted by atomic mass is 9.79. The van der Waals surface area contributed by atoms with Crippen molar-refractivity contribution in [3.05, 3.63) is 35.9 Å². The van der Waals surface area contributed by atoms with Gasteiger partial charge >= 0.3 is 0 Å². The summed E-state index contributed by atoms with van der Waals surface area (Å²) in [6.07, 6.45) is 5.92. The van der Waals surface area contributed by atoms with Crippen LogP contribution in [0.2, 0.25) is 0 Å². The lowest BCUT2D eigenvalue weighted by Crippen LogP contribution is -2.57. The maximum atomic E-state index is 6.05. The summed E-state index contributed by atoms with van der Waals surface area (Å²) in [5.74, 6) is 0.722. The van der Waals surface area contributed by atoms with Crippen LogP contribution in [0.5, 0.6) is 0 Å². The number of ether oxygens (including phenoxy) is 1. The SMILES string of the molecule is CC1CCOC2(CCC(c3ccccc3)CC2)N1. The molecule has 1 aromatic rings. The van der Waals surface area contributed by atoms with Crippen LogP contribution in [-0.4, -0.2) is 18.4 Å². The number of hydrogen-bond acceptors (Lipinski definition) is 2. The van der Waals surface area contributed by atoms with Gasteiger partial charge in [-0.05, 0) is 50.5 Å². The van der Waals surface area contributed by atoms with Crippen LogP contribution in [0.15, 0.2) is 30.3 Å². The van der Waals surface area contributed by atoms with Crippen molar-refractivity contribution >= 4 is 0 Å². The molecule has 1 saturated heterocycles. The van der Waals surface area contributed by atoms with Gasteiger partial charge in [0.2, 0.25) is 0 Å². The van der Waals surface area contributed by atoms with Crippen LogP contribution in [-0.2, 0) is 4.74 Å². The van der Waals surface area contributed by atoms with Crippen LogP contribution in [0.25, 0.3) is 0 Å². The molecule has 0 bridgehead atoms. The van der Waals surface area contributed by atoms with Gasteiger partial charge in [-0.1, -0.05) is 30.3 Å². The van der Waals surface area contributed by atoms with E-state index in [1.807, 2.05) is 0 Å². The predicted octanol–water partition coefficient (Wildman–Crippen LogP) is 3.44. The Morgan fingerprint density at radius 3 is 2.50 bits per heavy atom. The highest BCUT2D eigenvalue weighted by Crippen LogP contribution is 2.39. The molecule has 2 nitrogen and oxygen atoms in total. The highest BCUT2D eigenvalue weighted by atomic mass is 16.5. The summed E-state index contributed by atoms with van der Waals surface area (Å²) in [6.45, 7) is 3.19. The van der Waals surface area contributed by atoms with Gasteiger partial charge in [-0.2, -0.15) is 0 Å². The van der Waals surface area contributed by atoms with Gasteiger partial charge in [0.1, 0.15) is 5.72 Å².